The van der Waals surface area contributed by atoms with Crippen LogP contribution in [0.3, 0.4) is 0 Å². The van der Waals surface area contributed by atoms with E-state index >= 15 is 0 Å². The minimum Gasteiger partial charge on any atom is -0.337 e. The number of piperidine rings is 3. The summed E-state index contributed by atoms with van der Waals surface area (Å²) >= 11 is 0. The monoisotopic (exact) mass is 251 g/mol. The van der Waals surface area contributed by atoms with Crippen LogP contribution in [0.4, 0.5) is 0 Å². The third kappa shape index (κ3) is 1.26. The fourth-order valence-electron chi connectivity index (χ4n) is 6.17. The highest BCUT2D eigenvalue weighted by Gasteiger charge is 2.70. The first-order chi connectivity index (χ1) is 8.39. The number of nitrogens with zero attached hydrogens (tertiary/aromatic N) is 1. The van der Waals surface area contributed by atoms with E-state index in [0.29, 0.717) is 10.8 Å². The van der Waals surface area contributed by atoms with Crippen molar-refractivity contribution in [3.8, 4) is 0 Å². The first kappa shape index (κ1) is 11.7. The molecule has 0 N–H and O–H groups in total. The largest absolute Gasteiger partial charge is 0.337 e. The third-order valence-electron chi connectivity index (χ3n) is 5.70. The Morgan fingerprint density at radius 3 is 1.89 bits per heavy atom. The standard InChI is InChI=1S/C15H25NO2/c1-12-7-13(2)9-14(3,8-12)15(16(10-12)11-13)17-5-4-6-18-15/h4-11H2,1-3H3. The number of hydrogen-bond acceptors (Lipinski definition) is 3. The molecule has 2 unspecified atom stereocenters. The Balaban J connectivity index is 1.80. The highest BCUT2D eigenvalue weighted by molar-refractivity contribution is 5.15. The van der Waals surface area contributed by atoms with Crippen molar-refractivity contribution in [2.24, 2.45) is 16.2 Å². The van der Waals surface area contributed by atoms with Crippen LogP contribution in [0.25, 0.3) is 0 Å². The summed E-state index contributed by atoms with van der Waals surface area (Å²) in [5.41, 5.74) is 1.11. The molecule has 18 heavy (non-hydrogen) atoms. The van der Waals surface area contributed by atoms with Gasteiger partial charge in [0.05, 0.1) is 13.2 Å². The molecule has 4 saturated heterocycles. The summed E-state index contributed by atoms with van der Waals surface area (Å²) in [6, 6.07) is 0. The van der Waals surface area contributed by atoms with Gasteiger partial charge in [-0.15, -0.1) is 0 Å². The van der Waals surface area contributed by atoms with E-state index in [9.17, 15) is 0 Å². The van der Waals surface area contributed by atoms with Gasteiger partial charge in [0.2, 0.25) is 5.91 Å². The topological polar surface area (TPSA) is 21.7 Å². The van der Waals surface area contributed by atoms with Crippen LogP contribution in [0.2, 0.25) is 0 Å². The quantitative estimate of drug-likeness (QED) is 0.660. The lowest BCUT2D eigenvalue weighted by molar-refractivity contribution is -0.446. The maximum absolute atomic E-state index is 6.24. The lowest BCUT2D eigenvalue weighted by Crippen LogP contribution is -2.78. The van der Waals surface area contributed by atoms with E-state index in [1.807, 2.05) is 0 Å². The molecule has 0 aromatic heterocycles. The molecule has 1 spiro atoms. The van der Waals surface area contributed by atoms with Crippen molar-refractivity contribution in [2.75, 3.05) is 26.3 Å². The van der Waals surface area contributed by atoms with E-state index in [1.165, 1.54) is 19.3 Å². The number of ether oxygens (including phenoxy) is 2. The molecule has 0 aromatic rings. The van der Waals surface area contributed by atoms with Crippen LogP contribution in [-0.4, -0.2) is 37.1 Å². The molecule has 3 nitrogen and oxygen atoms in total. The van der Waals surface area contributed by atoms with Gasteiger partial charge < -0.3 is 9.47 Å². The van der Waals surface area contributed by atoms with Gasteiger partial charge in [-0.2, -0.15) is 0 Å². The SMILES string of the molecule is CC12CN3CC(C)(C1)CC(C)(C2)C31OCCCO1. The summed E-state index contributed by atoms with van der Waals surface area (Å²) in [5, 5.41) is 0. The molecule has 5 fully saturated rings. The Bertz CT molecular complexity index is 370. The van der Waals surface area contributed by atoms with Gasteiger partial charge in [0.15, 0.2) is 0 Å². The molecular weight excluding hydrogens is 226 g/mol. The first-order valence-corrected chi connectivity index (χ1v) is 7.42. The first-order valence-electron chi connectivity index (χ1n) is 7.42. The molecule has 4 aliphatic heterocycles. The molecule has 4 bridgehead atoms. The summed E-state index contributed by atoms with van der Waals surface area (Å²) in [4.78, 5) is 2.53. The Labute approximate surface area is 110 Å². The molecule has 1 saturated carbocycles. The molecule has 2 atom stereocenters. The minimum atomic E-state index is -0.398. The average Bonchev–Trinajstić information content (AvgIpc) is 2.23. The van der Waals surface area contributed by atoms with Gasteiger partial charge in [-0.1, -0.05) is 20.8 Å². The van der Waals surface area contributed by atoms with Gasteiger partial charge in [0.1, 0.15) is 0 Å². The molecule has 5 rings (SSSR count). The number of rotatable bonds is 0. The molecule has 0 aromatic carbocycles. The summed E-state index contributed by atoms with van der Waals surface area (Å²) in [7, 11) is 0. The van der Waals surface area contributed by atoms with Gasteiger partial charge in [0, 0.05) is 18.5 Å². The van der Waals surface area contributed by atoms with Gasteiger partial charge in [0.25, 0.3) is 0 Å². The highest BCUT2D eigenvalue weighted by atomic mass is 16.7. The smallest absolute Gasteiger partial charge is 0.235 e. The molecule has 0 amide bonds. The third-order valence-corrected chi connectivity index (χ3v) is 5.70. The van der Waals surface area contributed by atoms with Gasteiger partial charge in [-0.3, -0.25) is 4.90 Å². The van der Waals surface area contributed by atoms with Crippen molar-refractivity contribution in [2.45, 2.75) is 52.4 Å². The van der Waals surface area contributed by atoms with Crippen LogP contribution in [0.1, 0.15) is 46.5 Å². The van der Waals surface area contributed by atoms with Crippen molar-refractivity contribution < 1.29 is 9.47 Å². The minimum absolute atomic E-state index is 0.172. The van der Waals surface area contributed by atoms with Crippen LogP contribution in [0.15, 0.2) is 0 Å². The molecular formula is C15H25NO2. The van der Waals surface area contributed by atoms with Crippen LogP contribution < -0.4 is 0 Å². The Morgan fingerprint density at radius 1 is 0.833 bits per heavy atom. The Morgan fingerprint density at radius 2 is 1.39 bits per heavy atom. The van der Waals surface area contributed by atoms with E-state index in [0.717, 1.165) is 32.7 Å². The van der Waals surface area contributed by atoms with Gasteiger partial charge in [-0.25, -0.2) is 0 Å². The highest BCUT2D eigenvalue weighted by Crippen LogP contribution is 2.68. The average molecular weight is 251 g/mol. The molecule has 3 heteroatoms. The lowest BCUT2D eigenvalue weighted by atomic mass is 9.47. The van der Waals surface area contributed by atoms with Crippen molar-refractivity contribution >= 4 is 0 Å². The van der Waals surface area contributed by atoms with Crippen LogP contribution in [0.5, 0.6) is 0 Å². The van der Waals surface area contributed by atoms with Gasteiger partial charge in [-0.05, 0) is 36.5 Å². The second kappa shape index (κ2) is 3.13. The molecule has 4 heterocycles. The van der Waals surface area contributed by atoms with Crippen molar-refractivity contribution in [1.29, 1.82) is 0 Å². The van der Waals surface area contributed by atoms with E-state index in [4.69, 9.17) is 9.47 Å². The molecule has 1 aliphatic carbocycles. The maximum Gasteiger partial charge on any atom is 0.235 e. The van der Waals surface area contributed by atoms with Crippen LogP contribution >= 0.6 is 0 Å². The normalized spacial score (nSPS) is 57.2. The zero-order valence-corrected chi connectivity index (χ0v) is 11.9. The van der Waals surface area contributed by atoms with Crippen LogP contribution in [-0.2, 0) is 9.47 Å². The molecule has 102 valence electrons. The van der Waals surface area contributed by atoms with Crippen LogP contribution in [0, 0.1) is 16.2 Å². The summed E-state index contributed by atoms with van der Waals surface area (Å²) in [6.45, 7) is 11.4. The Hall–Kier alpha value is -0.120. The second-order valence-electron chi connectivity index (χ2n) is 8.20. The zero-order valence-electron chi connectivity index (χ0n) is 11.9. The van der Waals surface area contributed by atoms with E-state index in [-0.39, 0.29) is 5.41 Å². The fraction of sp³-hybridized carbons (Fsp3) is 1.00. The summed E-state index contributed by atoms with van der Waals surface area (Å²) in [5.74, 6) is -0.398. The van der Waals surface area contributed by atoms with Crippen molar-refractivity contribution in [3.05, 3.63) is 0 Å². The van der Waals surface area contributed by atoms with E-state index in [1.54, 1.807) is 0 Å². The summed E-state index contributed by atoms with van der Waals surface area (Å²) < 4.78 is 12.5. The van der Waals surface area contributed by atoms with E-state index in [2.05, 4.69) is 25.7 Å². The molecule has 0 radical (unpaired) electrons. The second-order valence-corrected chi connectivity index (χ2v) is 8.20. The van der Waals surface area contributed by atoms with Crippen molar-refractivity contribution in [3.63, 3.8) is 0 Å². The Kier molecular flexibility index (Phi) is 2.03. The zero-order chi connectivity index (χ0) is 12.6. The van der Waals surface area contributed by atoms with Crippen molar-refractivity contribution in [1.82, 2.24) is 4.90 Å². The number of hydrogen-bond donors (Lipinski definition) is 0. The predicted octanol–water partition coefficient (Wildman–Crippen LogP) is 2.61. The maximum atomic E-state index is 6.24. The molecule has 5 aliphatic rings. The van der Waals surface area contributed by atoms with Gasteiger partial charge >= 0.3 is 0 Å². The van der Waals surface area contributed by atoms with E-state index < -0.39 is 5.91 Å². The fourth-order valence-corrected chi connectivity index (χ4v) is 6.17. The predicted molar refractivity (Wildman–Crippen MR) is 69.0 cm³/mol. The lowest BCUT2D eigenvalue weighted by Gasteiger charge is -2.72. The summed E-state index contributed by atoms with van der Waals surface area (Å²) in [6.07, 6.45) is 4.93.